The smallest absolute Gasteiger partial charge is 0.220 e. The van der Waals surface area contributed by atoms with E-state index in [1.165, 1.54) is 122 Å². The standard InChI is InChI=1S/C30H61NO2/c1-3-5-7-8-9-10-11-12-13-14-15-16-17-18-19-20-21-22-23-24-25-27-30(33)31-29(28-32)26-6-4-2/h29,32H,3-28H2,1-2H3,(H,31,33). The summed E-state index contributed by atoms with van der Waals surface area (Å²) in [6.07, 6.45) is 32.7. The molecule has 33 heavy (non-hydrogen) atoms. The maximum atomic E-state index is 12.0. The van der Waals surface area contributed by atoms with Crippen molar-refractivity contribution in [1.82, 2.24) is 5.32 Å². The molecule has 0 saturated carbocycles. The maximum Gasteiger partial charge on any atom is 0.220 e. The summed E-state index contributed by atoms with van der Waals surface area (Å²) < 4.78 is 0. The fourth-order valence-electron chi connectivity index (χ4n) is 4.68. The minimum absolute atomic E-state index is 0.0487. The molecule has 0 rings (SSSR count). The average Bonchev–Trinajstić information content (AvgIpc) is 2.82. The molecule has 0 aliphatic rings. The molecule has 3 nitrogen and oxygen atoms in total. The number of hydrogen-bond donors (Lipinski definition) is 2. The Balaban J connectivity index is 3.20. The maximum absolute atomic E-state index is 12.0. The monoisotopic (exact) mass is 467 g/mol. The van der Waals surface area contributed by atoms with Crippen LogP contribution in [0.3, 0.4) is 0 Å². The second-order valence-electron chi connectivity index (χ2n) is 10.4. The molecule has 0 aliphatic carbocycles. The van der Waals surface area contributed by atoms with Crippen LogP contribution in [0, 0.1) is 0 Å². The molecule has 0 aromatic carbocycles. The van der Waals surface area contributed by atoms with Crippen molar-refractivity contribution >= 4 is 5.91 Å². The number of carbonyl (C=O) groups excluding carboxylic acids is 1. The van der Waals surface area contributed by atoms with E-state index in [0.29, 0.717) is 6.42 Å². The van der Waals surface area contributed by atoms with E-state index in [1.807, 2.05) is 0 Å². The van der Waals surface area contributed by atoms with Crippen molar-refractivity contribution in [3.63, 3.8) is 0 Å². The summed E-state index contributed by atoms with van der Waals surface area (Å²) >= 11 is 0. The number of carbonyl (C=O) groups is 1. The van der Waals surface area contributed by atoms with Gasteiger partial charge in [0.15, 0.2) is 0 Å². The van der Waals surface area contributed by atoms with Crippen molar-refractivity contribution in [2.75, 3.05) is 6.61 Å². The summed E-state index contributed by atoms with van der Waals surface area (Å²) in [5.74, 6) is 0.114. The van der Waals surface area contributed by atoms with Crippen molar-refractivity contribution in [2.45, 2.75) is 180 Å². The molecular formula is C30H61NO2. The predicted octanol–water partition coefficient (Wildman–Crippen LogP) is 9.26. The lowest BCUT2D eigenvalue weighted by atomic mass is 10.0. The van der Waals surface area contributed by atoms with E-state index in [4.69, 9.17) is 0 Å². The van der Waals surface area contributed by atoms with Gasteiger partial charge in [0.2, 0.25) is 5.91 Å². The van der Waals surface area contributed by atoms with Gasteiger partial charge in [0.25, 0.3) is 0 Å². The van der Waals surface area contributed by atoms with Crippen molar-refractivity contribution in [2.24, 2.45) is 0 Å². The second kappa shape index (κ2) is 27.7. The minimum atomic E-state index is -0.0487. The summed E-state index contributed by atoms with van der Waals surface area (Å²) in [4.78, 5) is 12.0. The Hall–Kier alpha value is -0.570. The van der Waals surface area contributed by atoms with Crippen LogP contribution in [0.25, 0.3) is 0 Å². The molecule has 0 radical (unpaired) electrons. The van der Waals surface area contributed by atoms with Crippen LogP contribution in [0.15, 0.2) is 0 Å². The normalized spacial score (nSPS) is 12.2. The zero-order valence-corrected chi connectivity index (χ0v) is 22.8. The van der Waals surface area contributed by atoms with Gasteiger partial charge in [0.05, 0.1) is 12.6 Å². The summed E-state index contributed by atoms with van der Waals surface area (Å²) in [5, 5.41) is 12.3. The first-order chi connectivity index (χ1) is 16.2. The molecule has 0 fully saturated rings. The number of amides is 1. The van der Waals surface area contributed by atoms with Gasteiger partial charge in [-0.3, -0.25) is 4.79 Å². The third-order valence-corrected chi connectivity index (χ3v) is 7.00. The molecule has 1 atom stereocenters. The molecule has 2 N–H and O–H groups in total. The summed E-state index contributed by atoms with van der Waals surface area (Å²) in [7, 11) is 0. The number of nitrogens with one attached hydrogen (secondary N) is 1. The predicted molar refractivity (Wildman–Crippen MR) is 146 cm³/mol. The van der Waals surface area contributed by atoms with Gasteiger partial charge < -0.3 is 10.4 Å². The molecule has 1 amide bonds. The quantitative estimate of drug-likeness (QED) is 0.118. The van der Waals surface area contributed by atoms with E-state index in [-0.39, 0.29) is 18.6 Å². The number of hydrogen-bond acceptors (Lipinski definition) is 2. The van der Waals surface area contributed by atoms with E-state index in [2.05, 4.69) is 19.2 Å². The lowest BCUT2D eigenvalue weighted by Gasteiger charge is -2.15. The topological polar surface area (TPSA) is 49.3 Å². The molecular weight excluding hydrogens is 406 g/mol. The van der Waals surface area contributed by atoms with Crippen LogP contribution in [0.2, 0.25) is 0 Å². The van der Waals surface area contributed by atoms with Crippen molar-refractivity contribution < 1.29 is 9.90 Å². The zero-order valence-electron chi connectivity index (χ0n) is 22.8. The lowest BCUT2D eigenvalue weighted by molar-refractivity contribution is -0.122. The Morgan fingerprint density at radius 1 is 0.545 bits per heavy atom. The number of unbranched alkanes of at least 4 members (excludes halogenated alkanes) is 21. The summed E-state index contributed by atoms with van der Waals surface area (Å²) in [6.45, 7) is 4.49. The Morgan fingerprint density at radius 3 is 1.21 bits per heavy atom. The van der Waals surface area contributed by atoms with Crippen molar-refractivity contribution in [1.29, 1.82) is 0 Å². The number of aliphatic hydroxyl groups excluding tert-OH is 1. The van der Waals surface area contributed by atoms with E-state index >= 15 is 0 Å². The van der Waals surface area contributed by atoms with E-state index < -0.39 is 0 Å². The molecule has 1 unspecified atom stereocenters. The highest BCUT2D eigenvalue weighted by atomic mass is 16.3. The van der Waals surface area contributed by atoms with Crippen molar-refractivity contribution in [3.8, 4) is 0 Å². The Labute approximate surface area is 208 Å². The van der Waals surface area contributed by atoms with E-state index in [1.54, 1.807) is 0 Å². The van der Waals surface area contributed by atoms with Crippen LogP contribution in [0.1, 0.15) is 174 Å². The first-order valence-electron chi connectivity index (χ1n) is 15.1. The van der Waals surface area contributed by atoms with E-state index in [0.717, 1.165) is 32.1 Å². The third kappa shape index (κ3) is 25.9. The highest BCUT2D eigenvalue weighted by Crippen LogP contribution is 2.15. The van der Waals surface area contributed by atoms with Gasteiger partial charge in [-0.05, 0) is 12.8 Å². The van der Waals surface area contributed by atoms with Gasteiger partial charge in [0.1, 0.15) is 0 Å². The van der Waals surface area contributed by atoms with Gasteiger partial charge in [-0.2, -0.15) is 0 Å². The van der Waals surface area contributed by atoms with Crippen molar-refractivity contribution in [3.05, 3.63) is 0 Å². The molecule has 0 aromatic heterocycles. The molecule has 0 aromatic rings. The van der Waals surface area contributed by atoms with Crippen LogP contribution in [0.4, 0.5) is 0 Å². The van der Waals surface area contributed by atoms with Crippen LogP contribution in [0.5, 0.6) is 0 Å². The van der Waals surface area contributed by atoms with Crippen LogP contribution in [-0.2, 0) is 4.79 Å². The average molecular weight is 468 g/mol. The van der Waals surface area contributed by atoms with Gasteiger partial charge in [-0.1, -0.05) is 155 Å². The zero-order chi connectivity index (χ0) is 24.2. The molecule has 3 heteroatoms. The number of aliphatic hydroxyl groups is 1. The van der Waals surface area contributed by atoms with Gasteiger partial charge in [0, 0.05) is 6.42 Å². The lowest BCUT2D eigenvalue weighted by Crippen LogP contribution is -2.37. The molecule has 0 spiro atoms. The van der Waals surface area contributed by atoms with Gasteiger partial charge >= 0.3 is 0 Å². The molecule has 0 heterocycles. The minimum Gasteiger partial charge on any atom is -0.394 e. The third-order valence-electron chi connectivity index (χ3n) is 7.00. The largest absolute Gasteiger partial charge is 0.394 e. The van der Waals surface area contributed by atoms with Crippen LogP contribution >= 0.6 is 0 Å². The highest BCUT2D eigenvalue weighted by Gasteiger charge is 2.10. The van der Waals surface area contributed by atoms with Crippen LogP contribution < -0.4 is 5.32 Å². The Bertz CT molecular complexity index is 385. The highest BCUT2D eigenvalue weighted by molar-refractivity contribution is 5.76. The molecule has 0 aliphatic heterocycles. The summed E-state index contributed by atoms with van der Waals surface area (Å²) in [5.41, 5.74) is 0. The fraction of sp³-hybridized carbons (Fsp3) is 0.967. The SMILES string of the molecule is CCCCCCCCCCCCCCCCCCCCCCCC(=O)NC(CO)CCCC. The van der Waals surface area contributed by atoms with E-state index in [9.17, 15) is 9.90 Å². The Morgan fingerprint density at radius 2 is 0.879 bits per heavy atom. The first-order valence-corrected chi connectivity index (χ1v) is 15.1. The molecule has 198 valence electrons. The second-order valence-corrected chi connectivity index (χ2v) is 10.4. The summed E-state index contributed by atoms with van der Waals surface area (Å²) in [6, 6.07) is -0.0487. The molecule has 0 saturated heterocycles. The van der Waals surface area contributed by atoms with Gasteiger partial charge in [-0.15, -0.1) is 0 Å². The fourth-order valence-corrected chi connectivity index (χ4v) is 4.68. The molecule has 0 bridgehead atoms. The number of rotatable bonds is 27. The Kier molecular flexibility index (Phi) is 27.2. The first kappa shape index (κ1) is 32.4. The van der Waals surface area contributed by atoms with Crippen LogP contribution in [-0.4, -0.2) is 23.7 Å². The van der Waals surface area contributed by atoms with Gasteiger partial charge in [-0.25, -0.2) is 0 Å².